The lowest BCUT2D eigenvalue weighted by atomic mass is 10.2. The van der Waals surface area contributed by atoms with Crippen molar-refractivity contribution in [2.75, 3.05) is 0 Å². The molecule has 1 heterocycles. The topological polar surface area (TPSA) is 76.0 Å². The highest BCUT2D eigenvalue weighted by molar-refractivity contribution is 7.89. The summed E-state index contributed by atoms with van der Waals surface area (Å²) < 4.78 is 21.2. The van der Waals surface area contributed by atoms with Crippen LogP contribution in [0.4, 0.5) is 0 Å². The fourth-order valence-corrected chi connectivity index (χ4v) is 2.14. The Labute approximate surface area is 111 Å². The van der Waals surface area contributed by atoms with Gasteiger partial charge >= 0.3 is 0 Å². The number of sulfonamides is 1. The molecule has 0 amide bonds. The molecule has 0 aliphatic heterocycles. The van der Waals surface area contributed by atoms with Crippen molar-refractivity contribution in [3.63, 3.8) is 0 Å². The molecule has 0 aliphatic carbocycles. The monoisotopic (exact) mass is 274 g/mol. The van der Waals surface area contributed by atoms with E-state index in [4.69, 9.17) is 5.14 Å². The lowest BCUT2D eigenvalue weighted by Crippen LogP contribution is -2.11. The van der Waals surface area contributed by atoms with Crippen LogP contribution in [0.2, 0.25) is 0 Å². The molecule has 0 radical (unpaired) electrons. The molecule has 0 bridgehead atoms. The van der Waals surface area contributed by atoms with E-state index in [1.807, 2.05) is 24.5 Å². The smallest absolute Gasteiger partial charge is 0.238 e. The molecule has 0 saturated heterocycles. The van der Waals surface area contributed by atoms with Gasteiger partial charge in [0.1, 0.15) is 0 Å². The Morgan fingerprint density at radius 1 is 0.789 bits per heavy atom. The average Bonchev–Trinajstić information content (AvgIpc) is 2.88. The normalized spacial score (nSPS) is 10.8. The van der Waals surface area contributed by atoms with E-state index in [1.54, 1.807) is 18.2 Å². The molecule has 0 spiro atoms. The Balaban J connectivity index is 0.000000141. The van der Waals surface area contributed by atoms with Crippen molar-refractivity contribution in [2.45, 2.75) is 4.90 Å². The van der Waals surface area contributed by atoms with Gasteiger partial charge in [0.05, 0.1) is 4.90 Å². The minimum absolute atomic E-state index is 0.148. The summed E-state index contributed by atoms with van der Waals surface area (Å²) in [5.74, 6) is 0. The number of nitrogens with two attached hydrogens (primary N) is 1. The second kappa shape index (κ2) is 5.69. The van der Waals surface area contributed by atoms with Crippen LogP contribution in [-0.2, 0) is 10.0 Å². The highest BCUT2D eigenvalue weighted by Gasteiger charge is 2.03. The van der Waals surface area contributed by atoms with E-state index < -0.39 is 10.0 Å². The highest BCUT2D eigenvalue weighted by Crippen LogP contribution is 2.10. The van der Waals surface area contributed by atoms with Gasteiger partial charge in [-0.3, -0.25) is 0 Å². The largest absolute Gasteiger partial charge is 0.366 e. The molecule has 3 N–H and O–H groups in total. The SMILES string of the molecule is NS(=O)(=O)c1ccccc1.c1ccc2c[nH]cc2c1. The van der Waals surface area contributed by atoms with Crippen LogP contribution < -0.4 is 5.14 Å². The van der Waals surface area contributed by atoms with Crippen LogP contribution in [-0.4, -0.2) is 13.4 Å². The Hall–Kier alpha value is -2.11. The number of benzene rings is 2. The van der Waals surface area contributed by atoms with Crippen LogP contribution in [0.5, 0.6) is 0 Å². The number of primary sulfonamides is 1. The summed E-state index contributed by atoms with van der Waals surface area (Å²) in [6.45, 7) is 0. The van der Waals surface area contributed by atoms with Gasteiger partial charge in [-0.25, -0.2) is 13.6 Å². The standard InChI is InChI=1S/C8H7N.C6H7NO2S/c1-2-4-8-6-9-5-7(8)3-1;7-10(8,9)6-4-2-1-3-5-6/h1-6,9H;1-5H,(H2,7,8,9). The van der Waals surface area contributed by atoms with Gasteiger partial charge in [-0.15, -0.1) is 0 Å². The second-order valence-electron chi connectivity index (χ2n) is 3.94. The Morgan fingerprint density at radius 3 is 1.68 bits per heavy atom. The molecule has 0 saturated carbocycles. The van der Waals surface area contributed by atoms with Crippen LogP contribution in [0.15, 0.2) is 71.9 Å². The van der Waals surface area contributed by atoms with Gasteiger partial charge in [-0.2, -0.15) is 0 Å². The van der Waals surface area contributed by atoms with E-state index in [1.165, 1.54) is 22.9 Å². The predicted octanol–water partition coefficient (Wildman–Crippen LogP) is 2.50. The van der Waals surface area contributed by atoms with Crippen molar-refractivity contribution in [2.24, 2.45) is 5.14 Å². The quantitative estimate of drug-likeness (QED) is 0.715. The Morgan fingerprint density at radius 2 is 1.26 bits per heavy atom. The lowest BCUT2D eigenvalue weighted by molar-refractivity contribution is 0.598. The zero-order valence-electron chi connectivity index (χ0n) is 10.2. The first-order chi connectivity index (χ1) is 9.07. The van der Waals surface area contributed by atoms with E-state index in [2.05, 4.69) is 17.1 Å². The number of hydrogen-bond acceptors (Lipinski definition) is 2. The molecule has 0 aliphatic rings. The van der Waals surface area contributed by atoms with Crippen molar-refractivity contribution in [1.82, 2.24) is 4.98 Å². The molecule has 1 aromatic heterocycles. The molecule has 3 rings (SSSR count). The molecule has 2 aromatic carbocycles. The molecule has 0 fully saturated rings. The molecular weight excluding hydrogens is 260 g/mol. The van der Waals surface area contributed by atoms with E-state index >= 15 is 0 Å². The Bertz CT molecular complexity index is 719. The van der Waals surface area contributed by atoms with E-state index in [0.717, 1.165) is 0 Å². The summed E-state index contributed by atoms with van der Waals surface area (Å²) in [4.78, 5) is 3.19. The average molecular weight is 274 g/mol. The van der Waals surface area contributed by atoms with E-state index in [9.17, 15) is 8.42 Å². The molecule has 3 aromatic rings. The minimum atomic E-state index is -3.50. The first-order valence-electron chi connectivity index (χ1n) is 5.67. The van der Waals surface area contributed by atoms with Crippen LogP contribution >= 0.6 is 0 Å². The summed E-state index contributed by atoms with van der Waals surface area (Å²) in [5.41, 5.74) is 0. The summed E-state index contributed by atoms with van der Waals surface area (Å²) in [7, 11) is -3.50. The van der Waals surface area contributed by atoms with Crippen molar-refractivity contribution < 1.29 is 8.42 Å². The molecule has 5 heteroatoms. The zero-order chi connectivity index (χ0) is 13.7. The Kier molecular flexibility index (Phi) is 3.99. The van der Waals surface area contributed by atoms with Gasteiger partial charge in [-0.05, 0) is 22.9 Å². The van der Waals surface area contributed by atoms with E-state index in [0.29, 0.717) is 0 Å². The number of rotatable bonds is 1. The summed E-state index contributed by atoms with van der Waals surface area (Å²) in [6, 6.07) is 16.1. The van der Waals surface area contributed by atoms with Gasteiger partial charge in [0.15, 0.2) is 0 Å². The third-order valence-corrected chi connectivity index (χ3v) is 3.47. The van der Waals surface area contributed by atoms with Gasteiger partial charge in [-0.1, -0.05) is 42.5 Å². The minimum Gasteiger partial charge on any atom is -0.366 e. The van der Waals surface area contributed by atoms with Crippen LogP contribution in [0, 0.1) is 0 Å². The molecule has 0 atom stereocenters. The van der Waals surface area contributed by atoms with Gasteiger partial charge in [0, 0.05) is 12.4 Å². The van der Waals surface area contributed by atoms with Crippen molar-refractivity contribution in [3.8, 4) is 0 Å². The predicted molar refractivity (Wildman–Crippen MR) is 76.1 cm³/mol. The molecule has 4 nitrogen and oxygen atoms in total. The van der Waals surface area contributed by atoms with Gasteiger partial charge < -0.3 is 4.98 Å². The van der Waals surface area contributed by atoms with Crippen LogP contribution in [0.25, 0.3) is 10.8 Å². The molecule has 0 unspecified atom stereocenters. The zero-order valence-corrected chi connectivity index (χ0v) is 11.0. The summed E-state index contributed by atoms with van der Waals surface area (Å²) >= 11 is 0. The summed E-state index contributed by atoms with van der Waals surface area (Å²) in [6.07, 6.45) is 3.99. The molecular formula is C14H14N2O2S. The fraction of sp³-hybridized carbons (Fsp3) is 0. The van der Waals surface area contributed by atoms with Gasteiger partial charge in [0.25, 0.3) is 0 Å². The number of hydrogen-bond donors (Lipinski definition) is 2. The highest BCUT2D eigenvalue weighted by atomic mass is 32.2. The molecule has 98 valence electrons. The van der Waals surface area contributed by atoms with Crippen LogP contribution in [0.3, 0.4) is 0 Å². The molecule has 19 heavy (non-hydrogen) atoms. The van der Waals surface area contributed by atoms with Crippen LogP contribution in [0.1, 0.15) is 0 Å². The first-order valence-corrected chi connectivity index (χ1v) is 7.21. The first kappa shape index (κ1) is 13.3. The number of H-pyrrole nitrogens is 1. The third kappa shape index (κ3) is 3.67. The number of fused-ring (bicyclic) bond motifs is 1. The summed E-state index contributed by atoms with van der Waals surface area (Å²) in [5, 5.41) is 7.38. The van der Waals surface area contributed by atoms with E-state index in [-0.39, 0.29) is 4.90 Å². The fourth-order valence-electron chi connectivity index (χ4n) is 1.61. The van der Waals surface area contributed by atoms with Gasteiger partial charge in [0.2, 0.25) is 10.0 Å². The third-order valence-electron chi connectivity index (χ3n) is 2.55. The number of nitrogens with one attached hydrogen (secondary N) is 1. The van der Waals surface area contributed by atoms with Crippen molar-refractivity contribution in [1.29, 1.82) is 0 Å². The second-order valence-corrected chi connectivity index (χ2v) is 5.50. The maximum atomic E-state index is 10.6. The van der Waals surface area contributed by atoms with Crippen molar-refractivity contribution >= 4 is 20.8 Å². The number of aromatic nitrogens is 1. The number of aromatic amines is 1. The van der Waals surface area contributed by atoms with Crippen molar-refractivity contribution in [3.05, 3.63) is 67.0 Å². The maximum absolute atomic E-state index is 10.6. The lowest BCUT2D eigenvalue weighted by Gasteiger charge is -1.93. The maximum Gasteiger partial charge on any atom is 0.238 e.